The van der Waals surface area contributed by atoms with Crippen LogP contribution in [-0.2, 0) is 47.6 Å². The Morgan fingerprint density at radius 1 is 0.902 bits per heavy atom. The lowest BCUT2D eigenvalue weighted by molar-refractivity contribution is -0.346. The van der Waals surface area contributed by atoms with Gasteiger partial charge in [0.25, 0.3) is 0 Å². The lowest BCUT2D eigenvalue weighted by Crippen LogP contribution is -2.82. The van der Waals surface area contributed by atoms with Gasteiger partial charge in [0.1, 0.15) is 29.5 Å². The molecule has 330 valence electrons. The van der Waals surface area contributed by atoms with Crippen molar-refractivity contribution < 1.29 is 72.5 Å². The van der Waals surface area contributed by atoms with E-state index in [1.807, 2.05) is 0 Å². The molecule has 3 fully saturated rings. The van der Waals surface area contributed by atoms with E-state index in [9.17, 15) is 39.3 Å². The van der Waals surface area contributed by atoms with Crippen molar-refractivity contribution in [2.75, 3.05) is 6.61 Å². The van der Waals surface area contributed by atoms with Gasteiger partial charge in [-0.1, -0.05) is 62.4 Å². The second kappa shape index (κ2) is 16.3. The first kappa shape index (κ1) is 45.4. The number of alkyl carbamates (subject to hydrolysis) is 1. The van der Waals surface area contributed by atoms with Crippen molar-refractivity contribution in [3.63, 3.8) is 0 Å². The first-order valence-electron chi connectivity index (χ1n) is 20.2. The second-order valence-electron chi connectivity index (χ2n) is 18.2. The van der Waals surface area contributed by atoms with Gasteiger partial charge in [-0.3, -0.25) is 14.4 Å². The van der Waals surface area contributed by atoms with Crippen LogP contribution in [0.25, 0.3) is 0 Å². The number of ketones is 1. The molecule has 16 heteroatoms. The number of carbonyl (C=O) groups excluding carboxylic acids is 6. The Morgan fingerprint density at radius 2 is 1.51 bits per heavy atom. The van der Waals surface area contributed by atoms with Crippen LogP contribution in [0.15, 0.2) is 71.8 Å². The van der Waals surface area contributed by atoms with E-state index in [-0.39, 0.29) is 29.7 Å². The Morgan fingerprint density at radius 3 is 2.05 bits per heavy atom. The van der Waals surface area contributed by atoms with Crippen molar-refractivity contribution in [3.05, 3.63) is 82.9 Å². The van der Waals surface area contributed by atoms with Crippen LogP contribution in [0.4, 0.5) is 4.79 Å². The summed E-state index contributed by atoms with van der Waals surface area (Å²) in [6.45, 7) is 12.9. The van der Waals surface area contributed by atoms with Gasteiger partial charge in [0, 0.05) is 32.1 Å². The van der Waals surface area contributed by atoms with E-state index in [0.29, 0.717) is 5.56 Å². The molecule has 0 spiro atoms. The summed E-state index contributed by atoms with van der Waals surface area (Å²) in [4.78, 5) is 82.9. The molecule has 2 aromatic rings. The minimum atomic E-state index is -2.40. The maximum Gasteiger partial charge on any atom is 0.408 e. The molecule has 1 heterocycles. The molecule has 0 radical (unpaired) electrons. The summed E-state index contributed by atoms with van der Waals surface area (Å²) in [5.41, 5.74) is -8.30. The molecule has 2 aromatic carbocycles. The highest BCUT2D eigenvalue weighted by Gasteiger charge is 2.78. The summed E-state index contributed by atoms with van der Waals surface area (Å²) >= 11 is 0. The smallest absolute Gasteiger partial charge is 0.408 e. The van der Waals surface area contributed by atoms with Gasteiger partial charge in [0.15, 0.2) is 23.6 Å². The van der Waals surface area contributed by atoms with Gasteiger partial charge < -0.3 is 49.1 Å². The van der Waals surface area contributed by atoms with Crippen molar-refractivity contribution in [2.45, 2.75) is 135 Å². The molecule has 61 heavy (non-hydrogen) atoms. The molecular weight excluding hydrogens is 794 g/mol. The van der Waals surface area contributed by atoms with Gasteiger partial charge >= 0.3 is 30.0 Å². The number of hydrogen-bond acceptors (Lipinski definition) is 15. The van der Waals surface area contributed by atoms with E-state index in [0.717, 1.165) is 13.8 Å². The number of nitrogens with one attached hydrogen (secondary N) is 1. The maximum absolute atomic E-state index is 15.5. The van der Waals surface area contributed by atoms with Crippen molar-refractivity contribution in [3.8, 4) is 0 Å². The minimum Gasteiger partial charge on any atom is -0.456 e. The molecule has 1 saturated heterocycles. The minimum absolute atomic E-state index is 0.0126. The Kier molecular flexibility index (Phi) is 12.1. The third kappa shape index (κ3) is 7.94. The van der Waals surface area contributed by atoms with E-state index in [1.54, 1.807) is 83.1 Å². The van der Waals surface area contributed by atoms with Gasteiger partial charge in [-0.2, -0.15) is 0 Å². The Hall–Kier alpha value is -5.16. The standard InChI is InChI=1S/C45H55NO15/c1-23-28(58-39(53)33(50)32(26-16-12-10-13-17-26)46-40(54)61-41(4,5)6)21-45(55)37(59-38(52)27-18-14-11-15-19-27)35-43(9,29(49)20-30-44(35,22-56-30)60-25(3)48)36(51)34(57-24(2)47)31(23)42(45,7)8/h10-19,28-30,32-35,37,49-50,55H,20-22H2,1-9H3,(H,46,54)/t28-,29-,30+,32-,33+,34+,35?,37?,43+,44-,45+/m0/s1. The normalized spacial score (nSPS) is 32.5. The number of aliphatic hydroxyl groups excluding tert-OH is 2. The molecule has 4 aliphatic rings. The number of Topliss-reactive ketones (excluding diaryl/α,β-unsaturated/α-hetero) is 1. The van der Waals surface area contributed by atoms with Gasteiger partial charge in [0.05, 0.1) is 35.6 Å². The number of amides is 1. The number of fused-ring (bicyclic) bond motifs is 5. The number of aliphatic hydroxyl groups is 3. The summed E-state index contributed by atoms with van der Waals surface area (Å²) in [7, 11) is 0. The van der Waals surface area contributed by atoms with Crippen LogP contribution in [0.2, 0.25) is 0 Å². The number of rotatable bonds is 9. The third-order valence-corrected chi connectivity index (χ3v) is 12.8. The van der Waals surface area contributed by atoms with Crippen LogP contribution in [0.5, 0.6) is 0 Å². The fraction of sp³-hybridized carbons (Fsp3) is 0.556. The maximum atomic E-state index is 15.5. The van der Waals surface area contributed by atoms with Gasteiger partial charge in [0.2, 0.25) is 0 Å². The van der Waals surface area contributed by atoms with E-state index >= 15 is 4.79 Å². The summed E-state index contributed by atoms with van der Waals surface area (Å²) in [5, 5.41) is 39.9. The highest BCUT2D eigenvalue weighted by Crippen LogP contribution is 2.64. The summed E-state index contributed by atoms with van der Waals surface area (Å²) in [6.07, 6.45) is -11.5. The van der Waals surface area contributed by atoms with Crippen molar-refractivity contribution >= 4 is 35.8 Å². The molecule has 2 unspecified atom stereocenters. The first-order chi connectivity index (χ1) is 28.4. The average molecular weight is 850 g/mol. The van der Waals surface area contributed by atoms with Crippen LogP contribution in [0.3, 0.4) is 0 Å². The van der Waals surface area contributed by atoms with Gasteiger partial charge in [-0.15, -0.1) is 0 Å². The monoisotopic (exact) mass is 849 g/mol. The molecule has 2 bridgehead atoms. The molecule has 16 nitrogen and oxygen atoms in total. The number of benzene rings is 2. The molecule has 3 aliphatic carbocycles. The zero-order chi connectivity index (χ0) is 45.0. The summed E-state index contributed by atoms with van der Waals surface area (Å²) in [5.74, 6) is -6.30. The van der Waals surface area contributed by atoms with Crippen LogP contribution in [-0.4, -0.2) is 111 Å². The fourth-order valence-corrected chi connectivity index (χ4v) is 9.80. The van der Waals surface area contributed by atoms with Crippen LogP contribution in [0.1, 0.15) is 97.1 Å². The molecule has 2 saturated carbocycles. The summed E-state index contributed by atoms with van der Waals surface area (Å²) < 4.78 is 35.6. The predicted molar refractivity (Wildman–Crippen MR) is 213 cm³/mol. The fourth-order valence-electron chi connectivity index (χ4n) is 9.80. The van der Waals surface area contributed by atoms with Crippen molar-refractivity contribution in [2.24, 2.45) is 16.7 Å². The molecule has 11 atom stereocenters. The third-order valence-electron chi connectivity index (χ3n) is 12.8. The predicted octanol–water partition coefficient (Wildman–Crippen LogP) is 3.83. The Labute approximate surface area is 353 Å². The van der Waals surface area contributed by atoms with E-state index in [2.05, 4.69) is 5.32 Å². The molecular formula is C45H55NO15. The van der Waals surface area contributed by atoms with Crippen molar-refractivity contribution in [1.82, 2.24) is 5.32 Å². The first-order valence-corrected chi connectivity index (χ1v) is 20.2. The summed E-state index contributed by atoms with van der Waals surface area (Å²) in [6, 6.07) is 14.5. The lowest BCUT2D eigenvalue weighted by atomic mass is 9.44. The van der Waals surface area contributed by atoms with Gasteiger partial charge in [-0.05, 0) is 63.5 Å². The quantitative estimate of drug-likeness (QED) is 0.160. The molecule has 0 aromatic heterocycles. The van der Waals surface area contributed by atoms with E-state index in [4.69, 9.17) is 28.4 Å². The zero-order valence-electron chi connectivity index (χ0n) is 35.8. The van der Waals surface area contributed by atoms with Crippen LogP contribution in [0, 0.1) is 16.7 Å². The van der Waals surface area contributed by atoms with E-state index < -0.39 is 118 Å². The van der Waals surface area contributed by atoms with Crippen molar-refractivity contribution in [1.29, 1.82) is 0 Å². The number of carbonyl (C=O) groups is 6. The Bertz CT molecular complexity index is 2100. The Balaban J connectivity index is 1.54. The van der Waals surface area contributed by atoms with Crippen LogP contribution < -0.4 is 5.32 Å². The number of hydrogen-bond donors (Lipinski definition) is 4. The average Bonchev–Trinajstić information content (AvgIpc) is 3.17. The number of esters is 4. The van der Waals surface area contributed by atoms with Crippen LogP contribution >= 0.6 is 0 Å². The molecule has 1 aliphatic heterocycles. The second-order valence-corrected chi connectivity index (χ2v) is 18.2. The van der Waals surface area contributed by atoms with Gasteiger partial charge in [-0.25, -0.2) is 14.4 Å². The molecule has 6 rings (SSSR count). The number of ether oxygens (including phenoxy) is 6. The lowest BCUT2D eigenvalue weighted by Gasteiger charge is -2.67. The topological polar surface area (TPSA) is 231 Å². The molecule has 4 N–H and O–H groups in total. The molecule has 1 amide bonds. The largest absolute Gasteiger partial charge is 0.456 e. The SMILES string of the molecule is CC(=O)O[C@H]1C(=O)[C@@]2(C)C(C(OC(=O)c3ccccc3)[C@]3(O)C[C@H](OC(=O)[C@H](O)[C@@H](NC(=O)OC(C)(C)C)c4ccccc4)C(C)=C1C3(C)C)[C@]1(OC(C)=O)CO[C@@H]1C[C@@H]2O. The highest BCUT2D eigenvalue weighted by molar-refractivity contribution is 5.95. The zero-order valence-corrected chi connectivity index (χ0v) is 35.8. The highest BCUT2D eigenvalue weighted by atomic mass is 16.6. The van der Waals surface area contributed by atoms with E-state index in [1.165, 1.54) is 26.0 Å².